The molecular formula is C10H16O2. The molecule has 0 saturated heterocycles. The Bertz CT molecular complexity index is 178. The van der Waals surface area contributed by atoms with Gasteiger partial charge in [0.05, 0.1) is 20.0 Å². The number of rotatable bonds is 5. The Morgan fingerprint density at radius 2 is 2.08 bits per heavy atom. The van der Waals surface area contributed by atoms with Crippen molar-refractivity contribution in [3.63, 3.8) is 0 Å². The lowest BCUT2D eigenvalue weighted by Gasteiger charge is -1.97. The maximum Gasteiger partial charge on any atom is 0.0828 e. The van der Waals surface area contributed by atoms with Gasteiger partial charge >= 0.3 is 0 Å². The zero-order chi connectivity index (χ0) is 9.23. The Morgan fingerprint density at radius 3 is 2.58 bits per heavy atom. The van der Waals surface area contributed by atoms with Crippen LogP contribution in [0.4, 0.5) is 0 Å². The van der Waals surface area contributed by atoms with Crippen LogP contribution in [0, 0.1) is 0 Å². The fourth-order valence-electron chi connectivity index (χ4n) is 0.694. The van der Waals surface area contributed by atoms with Crippen LogP contribution in [0.2, 0.25) is 0 Å². The maximum atomic E-state index is 4.99. The summed E-state index contributed by atoms with van der Waals surface area (Å²) in [5.41, 5.74) is 1.08. The molecule has 68 valence electrons. The second kappa shape index (κ2) is 8.08. The number of methoxy groups -OCH3 is 2. The molecule has 0 aromatic heterocycles. The van der Waals surface area contributed by atoms with Gasteiger partial charge in [0.25, 0.3) is 0 Å². The molecule has 2 heteroatoms. The van der Waals surface area contributed by atoms with Crippen molar-refractivity contribution in [2.24, 2.45) is 0 Å². The van der Waals surface area contributed by atoms with Crippen LogP contribution in [-0.4, -0.2) is 20.8 Å². The molecule has 2 nitrogen and oxygen atoms in total. The highest BCUT2D eigenvalue weighted by Crippen LogP contribution is 1.98. The molecule has 0 amide bonds. The van der Waals surface area contributed by atoms with Gasteiger partial charge in [0, 0.05) is 7.11 Å². The number of hydrogen-bond donors (Lipinski definition) is 0. The molecular weight excluding hydrogens is 152 g/mol. The van der Waals surface area contributed by atoms with Gasteiger partial charge in [-0.1, -0.05) is 18.2 Å². The van der Waals surface area contributed by atoms with Crippen molar-refractivity contribution in [2.75, 3.05) is 20.8 Å². The van der Waals surface area contributed by atoms with Crippen LogP contribution in [0.25, 0.3) is 0 Å². The summed E-state index contributed by atoms with van der Waals surface area (Å²) in [5, 5.41) is 0. The van der Waals surface area contributed by atoms with E-state index >= 15 is 0 Å². The molecule has 0 aliphatic heterocycles. The predicted molar refractivity (Wildman–Crippen MR) is 50.9 cm³/mol. The molecule has 0 aliphatic rings. The monoisotopic (exact) mass is 168 g/mol. The zero-order valence-electron chi connectivity index (χ0n) is 7.91. The van der Waals surface area contributed by atoms with Crippen molar-refractivity contribution in [2.45, 2.75) is 6.92 Å². The maximum absolute atomic E-state index is 4.99. The standard InChI is InChI=1S/C10H16O2/c1-4-5-6-10(9-12-3)7-8-11-2/h4-8H,9H2,1-3H3/b5-4-,8-7+,10-6+. The average molecular weight is 168 g/mol. The topological polar surface area (TPSA) is 18.5 Å². The van der Waals surface area contributed by atoms with Crippen LogP contribution in [0.1, 0.15) is 6.92 Å². The second-order valence-corrected chi connectivity index (χ2v) is 2.24. The van der Waals surface area contributed by atoms with E-state index in [-0.39, 0.29) is 0 Å². The molecule has 0 aromatic carbocycles. The normalized spacial score (nSPS) is 13.1. The van der Waals surface area contributed by atoms with Crippen LogP contribution < -0.4 is 0 Å². The van der Waals surface area contributed by atoms with Crippen molar-refractivity contribution in [3.8, 4) is 0 Å². The highest BCUT2D eigenvalue weighted by atomic mass is 16.5. The number of allylic oxidation sites excluding steroid dienone is 3. The number of ether oxygens (including phenoxy) is 2. The summed E-state index contributed by atoms with van der Waals surface area (Å²) in [4.78, 5) is 0. The fourth-order valence-corrected chi connectivity index (χ4v) is 0.694. The van der Waals surface area contributed by atoms with Crippen LogP contribution in [-0.2, 0) is 9.47 Å². The first-order chi connectivity index (χ1) is 5.85. The van der Waals surface area contributed by atoms with Gasteiger partial charge in [0.15, 0.2) is 0 Å². The molecule has 0 atom stereocenters. The molecule has 0 heterocycles. The molecule has 0 N–H and O–H groups in total. The first-order valence-electron chi connectivity index (χ1n) is 3.85. The van der Waals surface area contributed by atoms with Crippen molar-refractivity contribution in [1.82, 2.24) is 0 Å². The predicted octanol–water partition coefficient (Wildman–Crippen LogP) is 2.30. The summed E-state index contributed by atoms with van der Waals surface area (Å²) in [6.07, 6.45) is 9.43. The first kappa shape index (κ1) is 11.0. The minimum atomic E-state index is 0.601. The van der Waals surface area contributed by atoms with Gasteiger partial charge in [-0.3, -0.25) is 0 Å². The second-order valence-electron chi connectivity index (χ2n) is 2.24. The SMILES string of the molecule is C\C=C/C=C(\C=C\OC)COC. The molecule has 0 saturated carbocycles. The van der Waals surface area contributed by atoms with E-state index < -0.39 is 0 Å². The third-order valence-corrected chi connectivity index (χ3v) is 1.23. The van der Waals surface area contributed by atoms with Gasteiger partial charge in [-0.2, -0.15) is 0 Å². The van der Waals surface area contributed by atoms with E-state index in [1.165, 1.54) is 0 Å². The van der Waals surface area contributed by atoms with Gasteiger partial charge in [-0.15, -0.1) is 0 Å². The molecule has 0 spiro atoms. The zero-order valence-corrected chi connectivity index (χ0v) is 7.91. The van der Waals surface area contributed by atoms with E-state index in [4.69, 9.17) is 9.47 Å². The van der Waals surface area contributed by atoms with Gasteiger partial charge in [0.1, 0.15) is 0 Å². The third-order valence-electron chi connectivity index (χ3n) is 1.23. The van der Waals surface area contributed by atoms with Crippen molar-refractivity contribution >= 4 is 0 Å². The third kappa shape index (κ3) is 5.74. The Hall–Kier alpha value is -1.02. The van der Waals surface area contributed by atoms with Crippen LogP contribution in [0.15, 0.2) is 36.1 Å². The molecule has 0 aromatic rings. The van der Waals surface area contributed by atoms with E-state index in [1.54, 1.807) is 20.5 Å². The Kier molecular flexibility index (Phi) is 7.39. The first-order valence-corrected chi connectivity index (χ1v) is 3.85. The van der Waals surface area contributed by atoms with E-state index in [2.05, 4.69) is 0 Å². The van der Waals surface area contributed by atoms with Gasteiger partial charge in [0.2, 0.25) is 0 Å². The van der Waals surface area contributed by atoms with E-state index in [0.717, 1.165) is 5.57 Å². The summed E-state index contributed by atoms with van der Waals surface area (Å²) >= 11 is 0. The minimum Gasteiger partial charge on any atom is -0.504 e. The Balaban J connectivity index is 4.11. The van der Waals surface area contributed by atoms with Crippen molar-refractivity contribution in [3.05, 3.63) is 36.1 Å². The molecule has 0 aliphatic carbocycles. The fraction of sp³-hybridized carbons (Fsp3) is 0.400. The summed E-state index contributed by atoms with van der Waals surface area (Å²) in [5.74, 6) is 0. The highest BCUT2D eigenvalue weighted by molar-refractivity contribution is 5.23. The lowest BCUT2D eigenvalue weighted by molar-refractivity contribution is 0.227. The smallest absolute Gasteiger partial charge is 0.0828 e. The minimum absolute atomic E-state index is 0.601. The van der Waals surface area contributed by atoms with Crippen molar-refractivity contribution < 1.29 is 9.47 Å². The van der Waals surface area contributed by atoms with Crippen molar-refractivity contribution in [1.29, 1.82) is 0 Å². The van der Waals surface area contributed by atoms with Crippen LogP contribution in [0.3, 0.4) is 0 Å². The Morgan fingerprint density at radius 1 is 1.33 bits per heavy atom. The summed E-state index contributed by atoms with van der Waals surface area (Å²) in [6.45, 7) is 2.57. The summed E-state index contributed by atoms with van der Waals surface area (Å²) < 4.78 is 9.79. The lowest BCUT2D eigenvalue weighted by atomic mass is 10.2. The summed E-state index contributed by atoms with van der Waals surface area (Å²) in [7, 11) is 3.29. The Labute approximate surface area is 74.2 Å². The molecule has 0 bridgehead atoms. The van der Waals surface area contributed by atoms with Crippen LogP contribution >= 0.6 is 0 Å². The molecule has 12 heavy (non-hydrogen) atoms. The molecule has 0 rings (SSSR count). The highest BCUT2D eigenvalue weighted by Gasteiger charge is 1.87. The molecule has 0 unspecified atom stereocenters. The molecule has 0 fully saturated rings. The summed E-state index contributed by atoms with van der Waals surface area (Å²) in [6, 6.07) is 0. The number of hydrogen-bond acceptors (Lipinski definition) is 2. The largest absolute Gasteiger partial charge is 0.504 e. The lowest BCUT2D eigenvalue weighted by Crippen LogP contribution is -1.90. The van der Waals surface area contributed by atoms with E-state index in [9.17, 15) is 0 Å². The van der Waals surface area contributed by atoms with Gasteiger partial charge in [-0.05, 0) is 18.6 Å². The quantitative estimate of drug-likeness (QED) is 0.463. The van der Waals surface area contributed by atoms with E-state index in [0.29, 0.717) is 6.61 Å². The van der Waals surface area contributed by atoms with Gasteiger partial charge in [-0.25, -0.2) is 0 Å². The van der Waals surface area contributed by atoms with E-state index in [1.807, 2.05) is 31.2 Å². The molecule has 0 radical (unpaired) electrons. The van der Waals surface area contributed by atoms with Gasteiger partial charge < -0.3 is 9.47 Å². The van der Waals surface area contributed by atoms with Crippen LogP contribution in [0.5, 0.6) is 0 Å². The average Bonchev–Trinajstić information content (AvgIpc) is 2.10.